The first kappa shape index (κ1) is 13.9. The molecule has 0 saturated carbocycles. The lowest BCUT2D eigenvalue weighted by Crippen LogP contribution is -2.24. The van der Waals surface area contributed by atoms with Crippen molar-refractivity contribution in [1.29, 1.82) is 0 Å². The Kier molecular flexibility index (Phi) is 3.82. The van der Waals surface area contributed by atoms with Crippen molar-refractivity contribution >= 4 is 5.69 Å². The molecule has 3 rings (SSSR count). The molecule has 0 aromatic heterocycles. The highest BCUT2D eigenvalue weighted by Crippen LogP contribution is 2.30. The molecular weight excluding hydrogens is 265 g/mol. The molecule has 2 aromatic carbocycles. The van der Waals surface area contributed by atoms with Crippen LogP contribution >= 0.6 is 0 Å². The number of anilines is 1. The quantitative estimate of drug-likeness (QED) is 0.901. The topological polar surface area (TPSA) is 21.3 Å². The van der Waals surface area contributed by atoms with Crippen molar-refractivity contribution in [2.75, 3.05) is 11.9 Å². The third-order valence-corrected chi connectivity index (χ3v) is 3.87. The molecule has 0 radical (unpaired) electrons. The van der Waals surface area contributed by atoms with Crippen LogP contribution in [0.3, 0.4) is 0 Å². The van der Waals surface area contributed by atoms with E-state index >= 15 is 0 Å². The standard InChI is InChI=1S/C18H20FNO/c1-12(2)16-5-3-4-6-17(16)20-11-15-10-13-9-14(19)7-8-18(13)21-15/h3-9,12,15,20H,10-11H2,1-2H3. The van der Waals surface area contributed by atoms with Gasteiger partial charge in [0.25, 0.3) is 0 Å². The fraction of sp³-hybridized carbons (Fsp3) is 0.333. The summed E-state index contributed by atoms with van der Waals surface area (Å²) in [6.07, 6.45) is 0.811. The molecule has 110 valence electrons. The van der Waals surface area contributed by atoms with Crippen LogP contribution in [0.25, 0.3) is 0 Å². The van der Waals surface area contributed by atoms with E-state index in [1.807, 2.05) is 6.07 Å². The summed E-state index contributed by atoms with van der Waals surface area (Å²) in [6.45, 7) is 5.09. The van der Waals surface area contributed by atoms with Crippen molar-refractivity contribution in [2.45, 2.75) is 32.3 Å². The number of hydrogen-bond acceptors (Lipinski definition) is 2. The van der Waals surface area contributed by atoms with Gasteiger partial charge in [0.15, 0.2) is 0 Å². The summed E-state index contributed by atoms with van der Waals surface area (Å²) in [5.41, 5.74) is 3.41. The summed E-state index contributed by atoms with van der Waals surface area (Å²) < 4.78 is 19.1. The van der Waals surface area contributed by atoms with Crippen LogP contribution in [0, 0.1) is 5.82 Å². The van der Waals surface area contributed by atoms with Gasteiger partial charge in [0, 0.05) is 17.7 Å². The van der Waals surface area contributed by atoms with Crippen molar-refractivity contribution in [3.63, 3.8) is 0 Å². The Morgan fingerprint density at radius 1 is 1.24 bits per heavy atom. The van der Waals surface area contributed by atoms with E-state index in [9.17, 15) is 4.39 Å². The van der Waals surface area contributed by atoms with E-state index in [1.54, 1.807) is 12.1 Å². The van der Waals surface area contributed by atoms with Crippen molar-refractivity contribution in [3.05, 3.63) is 59.4 Å². The summed E-state index contributed by atoms with van der Waals surface area (Å²) >= 11 is 0. The van der Waals surface area contributed by atoms with Crippen LogP contribution in [0.15, 0.2) is 42.5 Å². The van der Waals surface area contributed by atoms with E-state index in [-0.39, 0.29) is 11.9 Å². The number of rotatable bonds is 4. The molecule has 21 heavy (non-hydrogen) atoms. The van der Waals surface area contributed by atoms with Crippen LogP contribution < -0.4 is 10.1 Å². The summed E-state index contributed by atoms with van der Waals surface area (Å²) in [4.78, 5) is 0. The Balaban J connectivity index is 1.65. The molecule has 2 aromatic rings. The van der Waals surface area contributed by atoms with Crippen LogP contribution in [0.5, 0.6) is 5.75 Å². The Morgan fingerprint density at radius 2 is 2.05 bits per heavy atom. The van der Waals surface area contributed by atoms with E-state index in [2.05, 4.69) is 37.4 Å². The second-order valence-corrected chi connectivity index (χ2v) is 5.82. The van der Waals surface area contributed by atoms with Gasteiger partial charge >= 0.3 is 0 Å². The molecule has 1 heterocycles. The minimum atomic E-state index is -0.198. The zero-order valence-corrected chi connectivity index (χ0v) is 12.4. The molecule has 0 bridgehead atoms. The van der Waals surface area contributed by atoms with E-state index in [0.717, 1.165) is 30.0 Å². The van der Waals surface area contributed by atoms with Gasteiger partial charge in [0.1, 0.15) is 17.7 Å². The number of para-hydroxylation sites is 1. The molecular formula is C18H20FNO. The molecule has 1 N–H and O–H groups in total. The second kappa shape index (κ2) is 5.76. The first-order valence-electron chi connectivity index (χ1n) is 7.41. The minimum Gasteiger partial charge on any atom is -0.488 e. The number of hydrogen-bond donors (Lipinski definition) is 1. The van der Waals surface area contributed by atoms with Crippen LogP contribution in [0.4, 0.5) is 10.1 Å². The molecule has 1 aliphatic heterocycles. The first-order valence-corrected chi connectivity index (χ1v) is 7.41. The third-order valence-electron chi connectivity index (χ3n) is 3.87. The lowest BCUT2D eigenvalue weighted by atomic mass is 10.0. The Hall–Kier alpha value is -2.03. The average Bonchev–Trinajstić information content (AvgIpc) is 2.87. The zero-order valence-electron chi connectivity index (χ0n) is 12.4. The molecule has 3 heteroatoms. The van der Waals surface area contributed by atoms with E-state index < -0.39 is 0 Å². The summed E-state index contributed by atoms with van der Waals surface area (Å²) in [6, 6.07) is 13.1. The van der Waals surface area contributed by atoms with Crippen molar-refractivity contribution in [3.8, 4) is 5.75 Å². The van der Waals surface area contributed by atoms with Crippen molar-refractivity contribution in [2.24, 2.45) is 0 Å². The van der Waals surface area contributed by atoms with Crippen molar-refractivity contribution < 1.29 is 9.13 Å². The van der Waals surface area contributed by atoms with Gasteiger partial charge in [-0.2, -0.15) is 0 Å². The van der Waals surface area contributed by atoms with Crippen LogP contribution in [-0.4, -0.2) is 12.6 Å². The maximum atomic E-state index is 13.2. The van der Waals surface area contributed by atoms with Gasteiger partial charge in [-0.05, 0) is 35.7 Å². The van der Waals surface area contributed by atoms with E-state index in [1.165, 1.54) is 11.6 Å². The molecule has 0 aliphatic carbocycles. The van der Waals surface area contributed by atoms with Gasteiger partial charge in [0.05, 0.1) is 6.54 Å². The van der Waals surface area contributed by atoms with Gasteiger partial charge < -0.3 is 10.1 Å². The SMILES string of the molecule is CC(C)c1ccccc1NCC1Cc2cc(F)ccc2O1. The zero-order chi connectivity index (χ0) is 14.8. The fourth-order valence-electron chi connectivity index (χ4n) is 2.79. The van der Waals surface area contributed by atoms with Gasteiger partial charge in [-0.3, -0.25) is 0 Å². The minimum absolute atomic E-state index is 0.0574. The van der Waals surface area contributed by atoms with Crippen LogP contribution in [-0.2, 0) is 6.42 Å². The molecule has 0 fully saturated rings. The summed E-state index contributed by atoms with van der Waals surface area (Å²) in [5.74, 6) is 1.08. The average molecular weight is 285 g/mol. The smallest absolute Gasteiger partial charge is 0.123 e. The number of fused-ring (bicyclic) bond motifs is 1. The fourth-order valence-corrected chi connectivity index (χ4v) is 2.79. The number of halogens is 1. The van der Waals surface area contributed by atoms with Crippen molar-refractivity contribution in [1.82, 2.24) is 0 Å². The van der Waals surface area contributed by atoms with Crippen LogP contribution in [0.1, 0.15) is 30.9 Å². The number of ether oxygens (including phenoxy) is 1. The highest BCUT2D eigenvalue weighted by atomic mass is 19.1. The lowest BCUT2D eigenvalue weighted by Gasteiger charge is -2.17. The number of nitrogens with one attached hydrogen (secondary N) is 1. The molecule has 2 nitrogen and oxygen atoms in total. The first-order chi connectivity index (χ1) is 10.1. The normalized spacial score (nSPS) is 16.7. The van der Waals surface area contributed by atoms with Gasteiger partial charge in [-0.25, -0.2) is 4.39 Å². The Morgan fingerprint density at radius 3 is 2.86 bits per heavy atom. The summed E-state index contributed by atoms with van der Waals surface area (Å²) in [5, 5.41) is 3.47. The maximum Gasteiger partial charge on any atom is 0.123 e. The molecule has 0 saturated heterocycles. The van der Waals surface area contributed by atoms with Gasteiger partial charge in [-0.1, -0.05) is 32.0 Å². The molecule has 0 spiro atoms. The monoisotopic (exact) mass is 285 g/mol. The largest absolute Gasteiger partial charge is 0.488 e. The molecule has 0 amide bonds. The highest BCUT2D eigenvalue weighted by molar-refractivity contribution is 5.52. The predicted octanol–water partition coefficient (Wildman–Crippen LogP) is 4.36. The predicted molar refractivity (Wildman–Crippen MR) is 83.5 cm³/mol. The molecule has 1 aliphatic rings. The number of benzene rings is 2. The molecule has 1 atom stereocenters. The van der Waals surface area contributed by atoms with Crippen LogP contribution in [0.2, 0.25) is 0 Å². The van der Waals surface area contributed by atoms with Gasteiger partial charge in [0.2, 0.25) is 0 Å². The highest BCUT2D eigenvalue weighted by Gasteiger charge is 2.23. The third kappa shape index (κ3) is 3.02. The Labute approximate surface area is 125 Å². The summed E-state index contributed by atoms with van der Waals surface area (Å²) in [7, 11) is 0. The second-order valence-electron chi connectivity index (χ2n) is 5.82. The van der Waals surface area contributed by atoms with E-state index in [0.29, 0.717) is 5.92 Å². The van der Waals surface area contributed by atoms with E-state index in [4.69, 9.17) is 4.74 Å². The Bertz CT molecular complexity index is 639. The lowest BCUT2D eigenvalue weighted by molar-refractivity contribution is 0.246. The van der Waals surface area contributed by atoms with Gasteiger partial charge in [-0.15, -0.1) is 0 Å². The molecule has 1 unspecified atom stereocenters. The maximum absolute atomic E-state index is 13.2.